The molecule has 2 atom stereocenters. The van der Waals surface area contributed by atoms with E-state index in [1.165, 1.54) is 0 Å². The highest BCUT2D eigenvalue weighted by Crippen LogP contribution is 2.40. The number of rotatable bonds is 11. The molecule has 3 aliphatic heterocycles. The SMILES string of the molecule is CCc1cccc2cc(O)cc(-c3ncc4c(N5CC6CCC(C5)N6)nc(OCCN5CCC(COC6(C=O)CC6)CC5)nc4c3F)c12. The van der Waals surface area contributed by atoms with Gasteiger partial charge in [-0.15, -0.1) is 0 Å². The van der Waals surface area contributed by atoms with E-state index in [-0.39, 0.29) is 23.0 Å². The lowest BCUT2D eigenvalue weighted by molar-refractivity contribution is -0.122. The minimum Gasteiger partial charge on any atom is -0.508 e. The minimum absolute atomic E-state index is 0.0556. The standard InChI is InChI=1S/C37H43FN6O4/c1-2-24-4-3-5-25-16-28(46)17-29(31(24)25)33-32(38)34-30(18-39-33)35(44-19-26-6-7-27(20-44)40-26)42-36(41-34)47-15-14-43-12-8-23(9-13-43)21-48-37(22-45)10-11-37/h3-5,16-18,22-23,26-27,40,46H,2,6-15,19-21H2,1H3. The van der Waals surface area contributed by atoms with Gasteiger partial charge in [-0.25, -0.2) is 4.39 Å². The summed E-state index contributed by atoms with van der Waals surface area (Å²) < 4.78 is 28.9. The number of hydrogen-bond donors (Lipinski definition) is 2. The first-order valence-electron chi connectivity index (χ1n) is 17.5. The van der Waals surface area contributed by atoms with E-state index in [4.69, 9.17) is 14.5 Å². The first-order chi connectivity index (χ1) is 23.4. The smallest absolute Gasteiger partial charge is 0.319 e. The molecular formula is C37H43FN6O4. The topological polar surface area (TPSA) is 113 Å². The van der Waals surface area contributed by atoms with Crippen LogP contribution in [0.5, 0.6) is 11.8 Å². The van der Waals surface area contributed by atoms with Gasteiger partial charge in [0.2, 0.25) is 0 Å². The van der Waals surface area contributed by atoms with Crippen molar-refractivity contribution in [3.63, 3.8) is 0 Å². The second-order valence-electron chi connectivity index (χ2n) is 14.0. The van der Waals surface area contributed by atoms with E-state index in [0.29, 0.717) is 54.5 Å². The van der Waals surface area contributed by atoms with Gasteiger partial charge in [0.1, 0.15) is 35.0 Å². The molecule has 4 aromatic rings. The predicted octanol–water partition coefficient (Wildman–Crippen LogP) is 5.03. The van der Waals surface area contributed by atoms with Crippen LogP contribution < -0.4 is 15.0 Å². The van der Waals surface area contributed by atoms with Crippen molar-refractivity contribution in [3.8, 4) is 23.0 Å². The molecule has 1 aliphatic carbocycles. The van der Waals surface area contributed by atoms with Gasteiger partial charge in [-0.1, -0.05) is 25.1 Å². The van der Waals surface area contributed by atoms with Crippen LogP contribution in [0.3, 0.4) is 0 Å². The van der Waals surface area contributed by atoms with Gasteiger partial charge in [0.15, 0.2) is 12.1 Å². The van der Waals surface area contributed by atoms with Crippen LogP contribution in [0.4, 0.5) is 10.2 Å². The van der Waals surface area contributed by atoms with Crippen LogP contribution in [0.15, 0.2) is 36.5 Å². The Labute approximate surface area is 279 Å². The number of ether oxygens (including phenoxy) is 2. The molecule has 0 amide bonds. The molecule has 11 heteroatoms. The average molecular weight is 655 g/mol. The quantitative estimate of drug-likeness (QED) is 0.214. The number of hydrogen-bond acceptors (Lipinski definition) is 10. The number of aldehydes is 1. The van der Waals surface area contributed by atoms with Crippen molar-refractivity contribution in [1.82, 2.24) is 25.2 Å². The molecule has 2 bridgehead atoms. The number of aromatic nitrogens is 3. The van der Waals surface area contributed by atoms with E-state index in [1.54, 1.807) is 18.3 Å². The van der Waals surface area contributed by atoms with Gasteiger partial charge in [-0.3, -0.25) is 9.88 Å². The van der Waals surface area contributed by atoms with Gasteiger partial charge in [0.25, 0.3) is 0 Å². The molecule has 5 heterocycles. The van der Waals surface area contributed by atoms with E-state index in [9.17, 15) is 9.90 Å². The van der Waals surface area contributed by atoms with Gasteiger partial charge in [-0.05, 0) is 92.4 Å². The third-order valence-corrected chi connectivity index (χ3v) is 10.8. The molecule has 10 nitrogen and oxygen atoms in total. The number of nitrogens with one attached hydrogen (secondary N) is 1. The summed E-state index contributed by atoms with van der Waals surface area (Å²) in [6, 6.07) is 10.1. The van der Waals surface area contributed by atoms with E-state index < -0.39 is 11.4 Å². The van der Waals surface area contributed by atoms with Gasteiger partial charge < -0.3 is 29.6 Å². The van der Waals surface area contributed by atoms with Crippen molar-refractivity contribution in [3.05, 3.63) is 47.9 Å². The number of pyridine rings is 1. The fourth-order valence-corrected chi connectivity index (χ4v) is 7.80. The fourth-order valence-electron chi connectivity index (χ4n) is 7.80. The summed E-state index contributed by atoms with van der Waals surface area (Å²) in [6.07, 6.45) is 9.33. The molecule has 2 N–H and O–H groups in total. The highest BCUT2D eigenvalue weighted by Gasteiger charge is 2.44. The zero-order valence-electron chi connectivity index (χ0n) is 27.5. The number of benzene rings is 2. The number of phenolic OH excluding ortho intramolecular Hbond substituents is 1. The van der Waals surface area contributed by atoms with Gasteiger partial charge in [0, 0.05) is 43.5 Å². The third kappa shape index (κ3) is 6.08. The Morgan fingerprint density at radius 2 is 1.90 bits per heavy atom. The zero-order valence-corrected chi connectivity index (χ0v) is 27.5. The Hall–Kier alpha value is -3.93. The molecule has 1 saturated carbocycles. The van der Waals surface area contributed by atoms with Crippen molar-refractivity contribution < 1.29 is 23.8 Å². The molecule has 2 aromatic heterocycles. The summed E-state index contributed by atoms with van der Waals surface area (Å²) in [4.78, 5) is 30.0. The van der Waals surface area contributed by atoms with Crippen molar-refractivity contribution in [2.75, 3.05) is 50.8 Å². The molecular weight excluding hydrogens is 611 g/mol. The van der Waals surface area contributed by atoms with Crippen molar-refractivity contribution in [2.45, 2.75) is 69.6 Å². The third-order valence-electron chi connectivity index (χ3n) is 10.8. The number of piperazine rings is 1. The number of anilines is 1. The van der Waals surface area contributed by atoms with Crippen LogP contribution >= 0.6 is 0 Å². The van der Waals surface area contributed by atoms with Crippen LogP contribution in [-0.4, -0.2) is 94.9 Å². The molecule has 0 spiro atoms. The summed E-state index contributed by atoms with van der Waals surface area (Å²) in [5, 5.41) is 16.5. The Balaban J connectivity index is 1.06. The number of aryl methyl sites for hydroxylation is 1. The zero-order chi connectivity index (χ0) is 32.8. The number of phenols is 1. The van der Waals surface area contributed by atoms with Crippen LogP contribution in [-0.2, 0) is 16.0 Å². The predicted molar refractivity (Wildman–Crippen MR) is 182 cm³/mol. The van der Waals surface area contributed by atoms with Gasteiger partial charge in [0.05, 0.1) is 12.0 Å². The maximum atomic E-state index is 16.8. The van der Waals surface area contributed by atoms with Crippen molar-refractivity contribution in [2.24, 2.45) is 5.92 Å². The second-order valence-corrected chi connectivity index (χ2v) is 14.0. The van der Waals surface area contributed by atoms with E-state index in [1.807, 2.05) is 18.2 Å². The normalized spacial score (nSPS) is 22.4. The van der Waals surface area contributed by atoms with Gasteiger partial charge in [-0.2, -0.15) is 9.97 Å². The van der Waals surface area contributed by atoms with E-state index in [0.717, 1.165) is 93.7 Å². The monoisotopic (exact) mass is 654 g/mol. The maximum absolute atomic E-state index is 16.8. The maximum Gasteiger partial charge on any atom is 0.319 e. The average Bonchev–Trinajstić information content (AvgIpc) is 3.82. The number of piperidine rings is 1. The summed E-state index contributed by atoms with van der Waals surface area (Å²) in [5.74, 6) is 0.609. The van der Waals surface area contributed by atoms with E-state index >= 15 is 4.39 Å². The lowest BCUT2D eigenvalue weighted by atomic mass is 9.95. The first-order valence-corrected chi connectivity index (χ1v) is 17.5. The molecule has 8 rings (SSSR count). The molecule has 252 valence electrons. The molecule has 4 fully saturated rings. The number of halogens is 1. The number of fused-ring (bicyclic) bond motifs is 4. The Morgan fingerprint density at radius 1 is 1.10 bits per heavy atom. The molecule has 0 radical (unpaired) electrons. The Bertz CT molecular complexity index is 1830. The van der Waals surface area contributed by atoms with Crippen LogP contribution in [0, 0.1) is 11.7 Å². The summed E-state index contributed by atoms with van der Waals surface area (Å²) >= 11 is 0. The highest BCUT2D eigenvalue weighted by molar-refractivity contribution is 6.01. The van der Waals surface area contributed by atoms with E-state index in [2.05, 4.69) is 32.0 Å². The summed E-state index contributed by atoms with van der Waals surface area (Å²) in [5.41, 5.74) is 1.40. The highest BCUT2D eigenvalue weighted by atomic mass is 19.1. The van der Waals surface area contributed by atoms with Crippen LogP contribution in [0.2, 0.25) is 0 Å². The molecule has 3 saturated heterocycles. The number of carbonyl (C=O) groups is 1. The molecule has 2 aromatic carbocycles. The Kier molecular flexibility index (Phi) is 8.38. The number of likely N-dealkylation sites (tertiary alicyclic amines) is 1. The second kappa shape index (κ2) is 12.8. The molecule has 48 heavy (non-hydrogen) atoms. The number of aromatic hydroxyl groups is 1. The fraction of sp³-hybridized carbons (Fsp3) is 0.514. The summed E-state index contributed by atoms with van der Waals surface area (Å²) in [6.45, 7) is 7.20. The number of nitrogens with zero attached hydrogens (tertiary/aromatic N) is 5. The Morgan fingerprint density at radius 3 is 2.62 bits per heavy atom. The molecule has 2 unspecified atom stereocenters. The molecule has 4 aliphatic rings. The van der Waals surface area contributed by atoms with Crippen molar-refractivity contribution >= 4 is 33.8 Å². The number of carbonyl (C=O) groups excluding carboxylic acids is 1. The summed E-state index contributed by atoms with van der Waals surface area (Å²) in [7, 11) is 0. The first kappa shape index (κ1) is 31.3. The minimum atomic E-state index is -0.552. The van der Waals surface area contributed by atoms with Gasteiger partial charge >= 0.3 is 6.01 Å². The van der Waals surface area contributed by atoms with Crippen LogP contribution in [0.25, 0.3) is 32.9 Å². The van der Waals surface area contributed by atoms with Crippen LogP contribution in [0.1, 0.15) is 51.0 Å². The lowest BCUT2D eigenvalue weighted by Crippen LogP contribution is -2.51. The lowest BCUT2D eigenvalue weighted by Gasteiger charge is -2.34. The largest absolute Gasteiger partial charge is 0.508 e. The van der Waals surface area contributed by atoms with Crippen molar-refractivity contribution in [1.29, 1.82) is 0 Å².